The Morgan fingerprint density at radius 3 is 2.89 bits per heavy atom. The zero-order chi connectivity index (χ0) is 13.1. The number of nitrogens with one attached hydrogen (secondary N) is 1. The predicted molar refractivity (Wildman–Crippen MR) is 74.6 cm³/mol. The van der Waals surface area contributed by atoms with Gasteiger partial charge < -0.3 is 9.88 Å². The van der Waals surface area contributed by atoms with Crippen molar-refractivity contribution in [2.45, 2.75) is 39.8 Å². The van der Waals surface area contributed by atoms with Gasteiger partial charge in [0.1, 0.15) is 6.54 Å². The number of rotatable bonds is 4. The van der Waals surface area contributed by atoms with E-state index in [1.807, 2.05) is 23.8 Å². The first-order chi connectivity index (χ1) is 8.60. The number of aromatic nitrogens is 1. The van der Waals surface area contributed by atoms with Crippen LogP contribution in [0.5, 0.6) is 0 Å². The van der Waals surface area contributed by atoms with Crippen LogP contribution in [0.25, 0.3) is 10.9 Å². The summed E-state index contributed by atoms with van der Waals surface area (Å²) in [5.74, 6) is 0.0726. The van der Waals surface area contributed by atoms with E-state index < -0.39 is 0 Å². The number of hydrogen-bond acceptors (Lipinski definition) is 1. The summed E-state index contributed by atoms with van der Waals surface area (Å²) < 4.78 is 2.00. The Hall–Kier alpha value is -1.77. The fourth-order valence-corrected chi connectivity index (χ4v) is 2.01. The SMILES string of the molecule is CCC(C)NC(=O)Cn1ccc2ccc(C)cc21. The van der Waals surface area contributed by atoms with E-state index >= 15 is 0 Å². The maximum atomic E-state index is 11.9. The largest absolute Gasteiger partial charge is 0.352 e. The van der Waals surface area contributed by atoms with Gasteiger partial charge in [0.05, 0.1) is 0 Å². The molecule has 3 heteroatoms. The van der Waals surface area contributed by atoms with Gasteiger partial charge in [0, 0.05) is 17.8 Å². The lowest BCUT2D eigenvalue weighted by atomic mass is 10.2. The van der Waals surface area contributed by atoms with Crippen molar-refractivity contribution in [1.82, 2.24) is 9.88 Å². The molecule has 18 heavy (non-hydrogen) atoms. The van der Waals surface area contributed by atoms with Gasteiger partial charge in [-0.2, -0.15) is 0 Å². The van der Waals surface area contributed by atoms with Crippen LogP contribution in [0.3, 0.4) is 0 Å². The fraction of sp³-hybridized carbons (Fsp3) is 0.400. The van der Waals surface area contributed by atoms with Crippen molar-refractivity contribution >= 4 is 16.8 Å². The molecule has 3 nitrogen and oxygen atoms in total. The third kappa shape index (κ3) is 2.73. The van der Waals surface area contributed by atoms with E-state index in [-0.39, 0.29) is 11.9 Å². The summed E-state index contributed by atoms with van der Waals surface area (Å²) in [4.78, 5) is 11.9. The zero-order valence-corrected chi connectivity index (χ0v) is 11.2. The van der Waals surface area contributed by atoms with E-state index in [9.17, 15) is 4.79 Å². The molecule has 1 aromatic carbocycles. The molecule has 1 atom stereocenters. The number of carbonyl (C=O) groups is 1. The molecule has 1 heterocycles. The molecule has 1 N–H and O–H groups in total. The lowest BCUT2D eigenvalue weighted by Gasteiger charge is -2.12. The van der Waals surface area contributed by atoms with Gasteiger partial charge in [0.15, 0.2) is 0 Å². The van der Waals surface area contributed by atoms with Crippen LogP contribution in [-0.2, 0) is 11.3 Å². The Kier molecular flexibility index (Phi) is 3.70. The van der Waals surface area contributed by atoms with E-state index in [2.05, 4.69) is 37.4 Å². The highest BCUT2D eigenvalue weighted by Crippen LogP contribution is 2.17. The van der Waals surface area contributed by atoms with Crippen molar-refractivity contribution in [2.24, 2.45) is 0 Å². The number of nitrogens with zero attached hydrogens (tertiary/aromatic N) is 1. The van der Waals surface area contributed by atoms with Crippen molar-refractivity contribution in [3.63, 3.8) is 0 Å². The summed E-state index contributed by atoms with van der Waals surface area (Å²) in [5, 5.41) is 4.17. The standard InChI is InChI=1S/C15H20N2O/c1-4-12(3)16-15(18)10-17-8-7-13-6-5-11(2)9-14(13)17/h5-9,12H,4,10H2,1-3H3,(H,16,18). The zero-order valence-electron chi connectivity index (χ0n) is 11.2. The van der Waals surface area contributed by atoms with Gasteiger partial charge in [-0.05, 0) is 43.4 Å². The molecule has 0 saturated heterocycles. The van der Waals surface area contributed by atoms with E-state index in [1.165, 1.54) is 10.9 Å². The second-order valence-corrected chi connectivity index (χ2v) is 4.88. The van der Waals surface area contributed by atoms with Crippen LogP contribution >= 0.6 is 0 Å². The molecule has 0 aliphatic carbocycles. The smallest absolute Gasteiger partial charge is 0.240 e. The van der Waals surface area contributed by atoms with Crippen molar-refractivity contribution in [3.8, 4) is 0 Å². The second-order valence-electron chi connectivity index (χ2n) is 4.88. The van der Waals surface area contributed by atoms with Crippen LogP contribution in [0.2, 0.25) is 0 Å². The molecule has 2 rings (SSSR count). The van der Waals surface area contributed by atoms with Crippen LogP contribution in [0.15, 0.2) is 30.5 Å². The number of fused-ring (bicyclic) bond motifs is 1. The predicted octanol–water partition coefficient (Wildman–Crippen LogP) is 2.86. The van der Waals surface area contributed by atoms with Crippen LogP contribution in [0.4, 0.5) is 0 Å². The average molecular weight is 244 g/mol. The first-order valence-corrected chi connectivity index (χ1v) is 6.45. The number of amides is 1. The Morgan fingerprint density at radius 1 is 1.39 bits per heavy atom. The van der Waals surface area contributed by atoms with Crippen LogP contribution in [-0.4, -0.2) is 16.5 Å². The minimum absolute atomic E-state index is 0.0726. The molecule has 1 aromatic heterocycles. The highest BCUT2D eigenvalue weighted by molar-refractivity contribution is 5.83. The quantitative estimate of drug-likeness (QED) is 0.881. The van der Waals surface area contributed by atoms with Gasteiger partial charge in [-0.3, -0.25) is 4.79 Å². The minimum atomic E-state index is 0.0726. The molecule has 0 bridgehead atoms. The minimum Gasteiger partial charge on any atom is -0.352 e. The molecule has 0 aliphatic heterocycles. The van der Waals surface area contributed by atoms with Crippen molar-refractivity contribution < 1.29 is 4.79 Å². The first kappa shape index (κ1) is 12.7. The number of hydrogen-bond donors (Lipinski definition) is 1. The third-order valence-electron chi connectivity index (χ3n) is 3.26. The van der Waals surface area contributed by atoms with Gasteiger partial charge in [-0.25, -0.2) is 0 Å². The highest BCUT2D eigenvalue weighted by Gasteiger charge is 2.08. The van der Waals surface area contributed by atoms with Crippen molar-refractivity contribution in [3.05, 3.63) is 36.0 Å². The van der Waals surface area contributed by atoms with E-state index in [1.54, 1.807) is 0 Å². The van der Waals surface area contributed by atoms with Gasteiger partial charge >= 0.3 is 0 Å². The van der Waals surface area contributed by atoms with Crippen molar-refractivity contribution in [2.75, 3.05) is 0 Å². The lowest BCUT2D eigenvalue weighted by Crippen LogP contribution is -2.34. The molecule has 0 spiro atoms. The number of carbonyl (C=O) groups excluding carboxylic acids is 1. The van der Waals surface area contributed by atoms with Gasteiger partial charge in [-0.1, -0.05) is 19.1 Å². The first-order valence-electron chi connectivity index (χ1n) is 6.45. The molecule has 0 fully saturated rings. The molecule has 0 aliphatic rings. The molecule has 0 saturated carbocycles. The summed E-state index contributed by atoms with van der Waals surface area (Å²) >= 11 is 0. The normalized spacial score (nSPS) is 12.6. The molecule has 1 unspecified atom stereocenters. The summed E-state index contributed by atoms with van der Waals surface area (Å²) in [5.41, 5.74) is 2.33. The van der Waals surface area contributed by atoms with E-state index in [0.717, 1.165) is 11.9 Å². The fourth-order valence-electron chi connectivity index (χ4n) is 2.01. The Bertz CT molecular complexity index is 557. The lowest BCUT2D eigenvalue weighted by molar-refractivity contribution is -0.122. The van der Waals surface area contributed by atoms with E-state index in [0.29, 0.717) is 6.54 Å². The Labute approximate surface area is 108 Å². The number of benzene rings is 1. The molecule has 0 radical (unpaired) electrons. The average Bonchev–Trinajstić information content (AvgIpc) is 2.71. The molecule has 2 aromatic rings. The van der Waals surface area contributed by atoms with Gasteiger partial charge in [0.2, 0.25) is 5.91 Å². The molecule has 96 valence electrons. The molecular formula is C15H20N2O. The maximum absolute atomic E-state index is 11.9. The highest BCUT2D eigenvalue weighted by atomic mass is 16.2. The summed E-state index contributed by atoms with van der Waals surface area (Å²) in [6.45, 7) is 6.54. The van der Waals surface area contributed by atoms with Crippen molar-refractivity contribution in [1.29, 1.82) is 0 Å². The van der Waals surface area contributed by atoms with E-state index in [4.69, 9.17) is 0 Å². The second kappa shape index (κ2) is 5.25. The number of aryl methyl sites for hydroxylation is 1. The summed E-state index contributed by atoms with van der Waals surface area (Å²) in [6.07, 6.45) is 2.93. The van der Waals surface area contributed by atoms with Crippen LogP contribution in [0.1, 0.15) is 25.8 Å². The summed E-state index contributed by atoms with van der Waals surface area (Å²) in [7, 11) is 0. The van der Waals surface area contributed by atoms with Gasteiger partial charge in [0.25, 0.3) is 0 Å². The van der Waals surface area contributed by atoms with Crippen LogP contribution in [0, 0.1) is 6.92 Å². The van der Waals surface area contributed by atoms with Crippen LogP contribution < -0.4 is 5.32 Å². The topological polar surface area (TPSA) is 34.0 Å². The Balaban J connectivity index is 2.16. The van der Waals surface area contributed by atoms with Gasteiger partial charge in [-0.15, -0.1) is 0 Å². The molecule has 1 amide bonds. The Morgan fingerprint density at radius 2 is 2.17 bits per heavy atom. The summed E-state index contributed by atoms with van der Waals surface area (Å²) in [6, 6.07) is 8.58. The maximum Gasteiger partial charge on any atom is 0.240 e. The third-order valence-corrected chi connectivity index (χ3v) is 3.26. The molecular weight excluding hydrogens is 224 g/mol. The monoisotopic (exact) mass is 244 g/mol.